The molecule has 1 rings (SSSR count). The van der Waals surface area contributed by atoms with Gasteiger partial charge in [-0.25, -0.2) is 0 Å². The van der Waals surface area contributed by atoms with Crippen molar-refractivity contribution in [3.8, 4) is 0 Å². The molecule has 1 aromatic rings. The second kappa shape index (κ2) is 8.76. The summed E-state index contributed by atoms with van der Waals surface area (Å²) in [6.07, 6.45) is 1.43. The molecule has 0 aliphatic carbocycles. The van der Waals surface area contributed by atoms with Crippen LogP contribution in [0.2, 0.25) is 0 Å². The van der Waals surface area contributed by atoms with Gasteiger partial charge in [0.05, 0.1) is 17.4 Å². The Morgan fingerprint density at radius 3 is 2.68 bits per heavy atom. The number of hydrogen-bond acceptors (Lipinski definition) is 6. The van der Waals surface area contributed by atoms with Crippen LogP contribution in [0.1, 0.15) is 33.6 Å². The number of nitro benzene ring substituents is 1. The van der Waals surface area contributed by atoms with Crippen LogP contribution >= 0.6 is 0 Å². The fourth-order valence-electron chi connectivity index (χ4n) is 1.98. The number of carbonyl (C=O) groups is 1. The van der Waals surface area contributed by atoms with Crippen LogP contribution in [0.4, 0.5) is 11.4 Å². The molecule has 0 aliphatic rings. The molecule has 0 saturated carbocycles. The molecule has 7 heteroatoms. The second-order valence-corrected chi connectivity index (χ2v) is 4.73. The zero-order valence-electron chi connectivity index (χ0n) is 13.0. The summed E-state index contributed by atoms with van der Waals surface area (Å²) in [7, 11) is 0. The van der Waals surface area contributed by atoms with Gasteiger partial charge < -0.3 is 4.74 Å². The molecule has 22 heavy (non-hydrogen) atoms. The Morgan fingerprint density at radius 1 is 1.41 bits per heavy atom. The molecule has 0 fully saturated rings. The van der Waals surface area contributed by atoms with Gasteiger partial charge in [-0.3, -0.25) is 20.3 Å². The summed E-state index contributed by atoms with van der Waals surface area (Å²) >= 11 is 0. The highest BCUT2D eigenvalue weighted by atomic mass is 16.6. The van der Waals surface area contributed by atoms with Crippen molar-refractivity contribution in [2.24, 2.45) is 11.0 Å². The molecule has 1 atom stereocenters. The molecule has 0 amide bonds. The van der Waals surface area contributed by atoms with Gasteiger partial charge in [0, 0.05) is 11.8 Å². The van der Waals surface area contributed by atoms with E-state index in [1.54, 1.807) is 32.0 Å². The Hall–Kier alpha value is -2.44. The number of para-hydroxylation sites is 2. The number of carbonyl (C=O) groups excluding carboxylic acids is 1. The number of nitrogens with zero attached hydrogens (tertiary/aromatic N) is 2. The summed E-state index contributed by atoms with van der Waals surface area (Å²) < 4.78 is 5.04. The number of ether oxygens (including phenoxy) is 1. The molecular formula is C15H21N3O4. The maximum atomic E-state index is 11.9. The van der Waals surface area contributed by atoms with E-state index in [-0.39, 0.29) is 17.3 Å². The molecule has 7 nitrogen and oxygen atoms in total. The van der Waals surface area contributed by atoms with Crippen molar-refractivity contribution >= 4 is 23.1 Å². The standard InChI is InChI=1S/C15H21N3O4/c1-4-8-12(15(19)22-5-2)11(3)16-17-13-9-6-7-10-14(13)18(20)21/h6-7,9-10,12,17H,4-5,8H2,1-3H3/b16-11-. The third-order valence-corrected chi connectivity index (χ3v) is 3.11. The van der Waals surface area contributed by atoms with Crippen LogP contribution in [0.5, 0.6) is 0 Å². The van der Waals surface area contributed by atoms with Crippen molar-refractivity contribution in [2.75, 3.05) is 12.0 Å². The number of hydrazone groups is 1. The highest BCUT2D eigenvalue weighted by Crippen LogP contribution is 2.23. The number of nitro groups is 1. The molecule has 0 heterocycles. The van der Waals surface area contributed by atoms with Crippen molar-refractivity contribution in [3.63, 3.8) is 0 Å². The molecule has 0 saturated heterocycles. The Kier molecular flexibility index (Phi) is 7.01. The molecular weight excluding hydrogens is 286 g/mol. The van der Waals surface area contributed by atoms with E-state index >= 15 is 0 Å². The van der Waals surface area contributed by atoms with E-state index in [1.807, 2.05) is 6.92 Å². The van der Waals surface area contributed by atoms with Gasteiger partial charge in [-0.2, -0.15) is 5.10 Å². The van der Waals surface area contributed by atoms with Gasteiger partial charge >= 0.3 is 5.97 Å². The normalized spacial score (nSPS) is 12.6. The summed E-state index contributed by atoms with van der Waals surface area (Å²) in [5.74, 6) is -0.768. The van der Waals surface area contributed by atoms with Crippen molar-refractivity contribution in [1.29, 1.82) is 0 Å². The van der Waals surface area contributed by atoms with E-state index in [4.69, 9.17) is 4.74 Å². The highest BCUT2D eigenvalue weighted by Gasteiger charge is 2.22. The van der Waals surface area contributed by atoms with Crippen LogP contribution in [0.25, 0.3) is 0 Å². The molecule has 0 radical (unpaired) electrons. The third kappa shape index (κ3) is 4.83. The minimum Gasteiger partial charge on any atom is -0.465 e. The number of rotatable bonds is 8. The molecule has 0 aliphatic heterocycles. The van der Waals surface area contributed by atoms with Gasteiger partial charge in [0.25, 0.3) is 5.69 Å². The van der Waals surface area contributed by atoms with Crippen LogP contribution in [-0.4, -0.2) is 23.2 Å². The lowest BCUT2D eigenvalue weighted by atomic mass is 9.99. The first-order valence-electron chi connectivity index (χ1n) is 7.21. The number of hydrogen-bond donors (Lipinski definition) is 1. The van der Waals surface area contributed by atoms with E-state index in [2.05, 4.69) is 10.5 Å². The van der Waals surface area contributed by atoms with E-state index in [1.165, 1.54) is 6.07 Å². The predicted octanol–water partition coefficient (Wildman–Crippen LogP) is 3.36. The molecule has 1 aromatic carbocycles. The van der Waals surface area contributed by atoms with E-state index in [0.717, 1.165) is 6.42 Å². The zero-order chi connectivity index (χ0) is 16.5. The average molecular weight is 307 g/mol. The van der Waals surface area contributed by atoms with E-state index < -0.39 is 10.8 Å². The summed E-state index contributed by atoms with van der Waals surface area (Å²) in [6.45, 7) is 5.73. The Balaban J connectivity index is 2.91. The first-order chi connectivity index (χ1) is 10.5. The molecule has 120 valence electrons. The van der Waals surface area contributed by atoms with Crippen LogP contribution < -0.4 is 5.43 Å². The SMILES string of the molecule is CCCC(C(=O)OCC)/C(C)=N\Nc1ccccc1[N+](=O)[O-]. The van der Waals surface area contributed by atoms with Gasteiger partial charge in [-0.15, -0.1) is 0 Å². The van der Waals surface area contributed by atoms with Crippen LogP contribution in [0.15, 0.2) is 29.4 Å². The second-order valence-electron chi connectivity index (χ2n) is 4.73. The molecule has 0 spiro atoms. The maximum Gasteiger partial charge on any atom is 0.314 e. The van der Waals surface area contributed by atoms with Crippen molar-refractivity contribution < 1.29 is 14.5 Å². The molecule has 0 bridgehead atoms. The topological polar surface area (TPSA) is 93.8 Å². The minimum absolute atomic E-state index is 0.0674. The summed E-state index contributed by atoms with van der Waals surface area (Å²) in [5, 5.41) is 15.1. The van der Waals surface area contributed by atoms with Gasteiger partial charge in [0.15, 0.2) is 0 Å². The monoisotopic (exact) mass is 307 g/mol. The maximum absolute atomic E-state index is 11.9. The fraction of sp³-hybridized carbons (Fsp3) is 0.467. The predicted molar refractivity (Wildman–Crippen MR) is 84.9 cm³/mol. The Labute approximate surface area is 129 Å². The number of benzene rings is 1. The molecule has 0 aromatic heterocycles. The fourth-order valence-corrected chi connectivity index (χ4v) is 1.98. The largest absolute Gasteiger partial charge is 0.465 e. The third-order valence-electron chi connectivity index (χ3n) is 3.11. The summed E-state index contributed by atoms with van der Waals surface area (Å²) in [5.41, 5.74) is 3.42. The number of nitrogens with one attached hydrogen (secondary N) is 1. The quantitative estimate of drug-likeness (QED) is 0.344. The Morgan fingerprint density at radius 2 is 2.09 bits per heavy atom. The minimum atomic E-state index is -0.484. The van der Waals surface area contributed by atoms with Crippen LogP contribution in [-0.2, 0) is 9.53 Å². The van der Waals surface area contributed by atoms with Crippen molar-refractivity contribution in [2.45, 2.75) is 33.6 Å². The zero-order valence-corrected chi connectivity index (χ0v) is 13.0. The van der Waals surface area contributed by atoms with Crippen molar-refractivity contribution in [3.05, 3.63) is 34.4 Å². The van der Waals surface area contributed by atoms with Crippen LogP contribution in [0.3, 0.4) is 0 Å². The summed E-state index contributed by atoms with van der Waals surface area (Å²) in [6, 6.07) is 6.21. The van der Waals surface area contributed by atoms with Gasteiger partial charge in [-0.05, 0) is 26.3 Å². The number of esters is 1. The Bertz CT molecular complexity index is 557. The lowest BCUT2D eigenvalue weighted by molar-refractivity contribution is -0.384. The lowest BCUT2D eigenvalue weighted by Crippen LogP contribution is -2.25. The first kappa shape index (κ1) is 17.6. The van der Waals surface area contributed by atoms with Gasteiger partial charge in [0.2, 0.25) is 0 Å². The molecule has 1 N–H and O–H groups in total. The lowest BCUT2D eigenvalue weighted by Gasteiger charge is -2.14. The number of anilines is 1. The molecule has 1 unspecified atom stereocenters. The average Bonchev–Trinajstić information content (AvgIpc) is 2.50. The van der Waals surface area contributed by atoms with Gasteiger partial charge in [0.1, 0.15) is 5.69 Å². The first-order valence-corrected chi connectivity index (χ1v) is 7.21. The van der Waals surface area contributed by atoms with Crippen LogP contribution in [0, 0.1) is 16.0 Å². The van der Waals surface area contributed by atoms with E-state index in [9.17, 15) is 14.9 Å². The smallest absolute Gasteiger partial charge is 0.314 e. The van der Waals surface area contributed by atoms with Gasteiger partial charge in [-0.1, -0.05) is 25.5 Å². The highest BCUT2D eigenvalue weighted by molar-refractivity contribution is 6.01. The van der Waals surface area contributed by atoms with Crippen molar-refractivity contribution in [1.82, 2.24) is 0 Å². The van der Waals surface area contributed by atoms with E-state index in [0.29, 0.717) is 18.7 Å². The summed E-state index contributed by atoms with van der Waals surface area (Å²) in [4.78, 5) is 22.4.